The molecule has 2 saturated heterocycles. The van der Waals surface area contributed by atoms with Crippen molar-refractivity contribution in [1.82, 2.24) is 24.1 Å². The molecular weight excluding hydrogens is 546 g/mol. The second kappa shape index (κ2) is 10.4. The summed E-state index contributed by atoms with van der Waals surface area (Å²) in [6.45, 7) is 1.49. The van der Waals surface area contributed by atoms with Crippen LogP contribution in [-0.4, -0.2) is 55.8 Å². The van der Waals surface area contributed by atoms with E-state index in [1.807, 2.05) is 46.2 Å². The number of fused-ring (bicyclic) bond motifs is 2. The van der Waals surface area contributed by atoms with E-state index in [4.69, 9.17) is 13.8 Å². The van der Waals surface area contributed by atoms with E-state index in [0.717, 1.165) is 28.6 Å². The molecule has 41 heavy (non-hydrogen) atoms. The summed E-state index contributed by atoms with van der Waals surface area (Å²) in [5.74, 6) is -0.949. The maximum Gasteiger partial charge on any atom is 0.238 e. The lowest BCUT2D eigenvalue weighted by molar-refractivity contribution is -0.684. The van der Waals surface area contributed by atoms with Crippen LogP contribution in [0.2, 0.25) is 0 Å². The highest BCUT2D eigenvalue weighted by molar-refractivity contribution is 7.05. The fourth-order valence-electron chi connectivity index (χ4n) is 6.12. The Morgan fingerprint density at radius 3 is 2.68 bits per heavy atom. The normalized spacial score (nSPS) is 21.1. The van der Waals surface area contributed by atoms with Gasteiger partial charge >= 0.3 is 0 Å². The number of nitrogens with two attached hydrogens (primary N) is 1. The minimum Gasteiger partial charge on any atom is -0.443 e. The molecule has 2 aromatic heterocycles. The lowest BCUT2D eigenvalue weighted by atomic mass is 9.84. The van der Waals surface area contributed by atoms with Crippen molar-refractivity contribution in [3.05, 3.63) is 112 Å². The smallest absolute Gasteiger partial charge is 0.238 e. The first kappa shape index (κ1) is 25.9. The zero-order valence-electron chi connectivity index (χ0n) is 22.0. The van der Waals surface area contributed by atoms with Gasteiger partial charge in [0.1, 0.15) is 41.4 Å². The molecule has 11 heteroatoms. The highest BCUT2D eigenvalue weighted by Crippen LogP contribution is 2.40. The van der Waals surface area contributed by atoms with Gasteiger partial charge in [-0.1, -0.05) is 36.4 Å². The summed E-state index contributed by atoms with van der Waals surface area (Å²) in [6.07, 6.45) is 2.57. The molecule has 3 aromatic carbocycles. The predicted molar refractivity (Wildman–Crippen MR) is 148 cm³/mol. The Balaban J connectivity index is 1.25. The molecule has 7 rings (SSSR count). The average molecular weight is 574 g/mol. The fraction of sp³-hybridized carbons (Fsp3) is 0.267. The molecule has 0 aliphatic carbocycles. The standard InChI is InChI=1S/C30H26F2N6O2S/c31-22-11-21(12-23(32)13-22)30(29-35-26(41-36-29)9-7-19-4-2-1-3-5-19)17-33-14-27-37(28(39)16-38(27)30)15-20-6-8-25-24(10-20)34-18-40-25/h1-6,8,10-13,18,27,33H,7,9,14-17H2/p+1/t27?,30-/m1/s1. The lowest BCUT2D eigenvalue weighted by Crippen LogP contribution is -2.96. The minimum absolute atomic E-state index is 0.0636. The molecule has 2 N–H and O–H groups in total. The van der Waals surface area contributed by atoms with E-state index >= 15 is 0 Å². The van der Waals surface area contributed by atoms with Gasteiger partial charge in [0.25, 0.3) is 0 Å². The molecule has 1 unspecified atom stereocenters. The molecule has 2 atom stereocenters. The number of nitrogens with zero attached hydrogens (tertiary/aromatic N) is 5. The quantitative estimate of drug-likeness (QED) is 0.322. The first-order chi connectivity index (χ1) is 20.0. The summed E-state index contributed by atoms with van der Waals surface area (Å²) in [5.41, 5.74) is 2.83. The number of hydrogen-bond donors (Lipinski definition) is 1. The zero-order valence-corrected chi connectivity index (χ0v) is 22.9. The highest BCUT2D eigenvalue weighted by Gasteiger charge is 2.57. The summed E-state index contributed by atoms with van der Waals surface area (Å²) >= 11 is 1.30. The molecule has 208 valence electrons. The summed E-state index contributed by atoms with van der Waals surface area (Å²) in [5, 5.41) is 2.92. The van der Waals surface area contributed by atoms with Crippen LogP contribution < -0.4 is 5.32 Å². The van der Waals surface area contributed by atoms with E-state index in [-0.39, 0.29) is 18.6 Å². The van der Waals surface area contributed by atoms with Crippen molar-refractivity contribution in [2.45, 2.75) is 31.1 Å². The summed E-state index contributed by atoms with van der Waals surface area (Å²) in [4.78, 5) is 26.6. The third kappa shape index (κ3) is 4.69. The molecule has 8 nitrogen and oxygen atoms in total. The van der Waals surface area contributed by atoms with E-state index in [9.17, 15) is 13.6 Å². The third-order valence-electron chi connectivity index (χ3n) is 8.05. The Morgan fingerprint density at radius 2 is 1.85 bits per heavy atom. The van der Waals surface area contributed by atoms with Crippen molar-refractivity contribution in [2.24, 2.45) is 0 Å². The molecule has 2 fully saturated rings. The van der Waals surface area contributed by atoms with E-state index < -0.39 is 17.2 Å². The number of benzene rings is 3. The van der Waals surface area contributed by atoms with Gasteiger partial charge in [0.15, 0.2) is 23.3 Å². The Morgan fingerprint density at radius 1 is 1.02 bits per heavy atom. The van der Waals surface area contributed by atoms with Gasteiger partial charge in [0, 0.05) is 19.0 Å². The molecule has 4 heterocycles. The molecular formula is C30H27F2N6O2S+. The van der Waals surface area contributed by atoms with Gasteiger partial charge in [-0.05, 0) is 58.9 Å². The van der Waals surface area contributed by atoms with Gasteiger partial charge in [-0.2, -0.15) is 4.37 Å². The molecule has 1 amide bonds. The van der Waals surface area contributed by atoms with Crippen molar-refractivity contribution in [2.75, 3.05) is 19.6 Å². The molecule has 0 radical (unpaired) electrons. The zero-order chi connectivity index (χ0) is 28.0. The van der Waals surface area contributed by atoms with Crippen LogP contribution >= 0.6 is 11.5 Å². The van der Waals surface area contributed by atoms with Crippen LogP contribution in [0.25, 0.3) is 11.1 Å². The molecule has 0 spiro atoms. The van der Waals surface area contributed by atoms with Crippen LogP contribution in [0.5, 0.6) is 0 Å². The van der Waals surface area contributed by atoms with Crippen molar-refractivity contribution < 1.29 is 23.3 Å². The Labute approximate surface area is 238 Å². The monoisotopic (exact) mass is 573 g/mol. The number of halogens is 2. The lowest BCUT2D eigenvalue weighted by Gasteiger charge is -2.45. The Bertz CT molecular complexity index is 1710. The number of aromatic nitrogens is 3. The summed E-state index contributed by atoms with van der Waals surface area (Å²) in [6, 6.07) is 19.4. The number of aryl methyl sites for hydroxylation is 2. The average Bonchev–Trinajstić information content (AvgIpc) is 3.71. The highest BCUT2D eigenvalue weighted by atomic mass is 32.1. The van der Waals surface area contributed by atoms with Crippen molar-refractivity contribution in [1.29, 1.82) is 0 Å². The van der Waals surface area contributed by atoms with Crippen LogP contribution in [0, 0.1) is 11.6 Å². The van der Waals surface area contributed by atoms with Crippen molar-refractivity contribution in [3.63, 3.8) is 0 Å². The number of carbonyl (C=O) groups excluding carboxylic acids is 1. The first-order valence-electron chi connectivity index (χ1n) is 13.5. The van der Waals surface area contributed by atoms with Gasteiger partial charge in [-0.3, -0.25) is 4.79 Å². The topological polar surface area (TPSA) is 92.0 Å². The number of hydrogen-bond acceptors (Lipinski definition) is 7. The van der Waals surface area contributed by atoms with E-state index in [2.05, 4.69) is 22.4 Å². The summed E-state index contributed by atoms with van der Waals surface area (Å²) < 4.78 is 39.5. The third-order valence-corrected chi connectivity index (χ3v) is 8.82. The van der Waals surface area contributed by atoms with Crippen molar-refractivity contribution in [3.8, 4) is 0 Å². The van der Waals surface area contributed by atoms with Gasteiger partial charge in [-0.25, -0.2) is 23.6 Å². The second-order valence-corrected chi connectivity index (χ2v) is 11.4. The van der Waals surface area contributed by atoms with E-state index in [1.54, 1.807) is 0 Å². The van der Waals surface area contributed by atoms with Crippen LogP contribution in [0.3, 0.4) is 0 Å². The largest absolute Gasteiger partial charge is 0.443 e. The number of piperazine rings is 1. The van der Waals surface area contributed by atoms with Gasteiger partial charge in [0.05, 0.1) is 6.54 Å². The number of quaternary nitrogens is 1. The van der Waals surface area contributed by atoms with Crippen LogP contribution in [0.1, 0.15) is 27.5 Å². The van der Waals surface area contributed by atoms with Crippen LogP contribution in [0.4, 0.5) is 8.78 Å². The maximum absolute atomic E-state index is 14.7. The number of amides is 1. The van der Waals surface area contributed by atoms with Gasteiger partial charge < -0.3 is 14.6 Å². The summed E-state index contributed by atoms with van der Waals surface area (Å²) in [7, 11) is 0. The van der Waals surface area contributed by atoms with Crippen LogP contribution in [0.15, 0.2) is 77.5 Å². The molecule has 0 bridgehead atoms. The predicted octanol–water partition coefficient (Wildman–Crippen LogP) is 3.23. The number of oxazole rings is 1. The van der Waals surface area contributed by atoms with Gasteiger partial charge in [-0.15, -0.1) is 0 Å². The molecule has 5 aromatic rings. The second-order valence-electron chi connectivity index (χ2n) is 10.5. The van der Waals surface area contributed by atoms with Gasteiger partial charge in [0.2, 0.25) is 5.91 Å². The maximum atomic E-state index is 14.7. The Kier molecular flexibility index (Phi) is 6.57. The first-order valence-corrected chi connectivity index (χ1v) is 14.3. The fourth-order valence-corrected chi connectivity index (χ4v) is 6.82. The number of carbonyl (C=O) groups is 1. The van der Waals surface area contributed by atoms with Crippen LogP contribution in [-0.2, 0) is 29.7 Å². The molecule has 0 saturated carbocycles. The van der Waals surface area contributed by atoms with E-state index in [1.165, 1.54) is 35.6 Å². The SMILES string of the molecule is O=C1CN2C(C[NH2+]C[C@@]2(c2cc(F)cc(F)c2)c2nsc(CCc3ccccc3)n2)N1Cc1ccc2ocnc2c1. The Hall–Kier alpha value is -4.06. The molecule has 2 aliphatic rings. The molecule has 2 aliphatic heterocycles. The van der Waals surface area contributed by atoms with E-state index in [0.29, 0.717) is 43.0 Å². The number of rotatable bonds is 7. The minimum atomic E-state index is -1.09. The van der Waals surface area contributed by atoms with Crippen molar-refractivity contribution >= 4 is 28.5 Å².